The average Bonchev–Trinajstić information content (AvgIpc) is 2.87. The fourth-order valence-electron chi connectivity index (χ4n) is 6.30. The molecule has 196 valence electrons. The Morgan fingerprint density at radius 3 is 2.51 bits per heavy atom. The molecule has 1 amide bonds. The molecule has 1 aliphatic heterocycles. The van der Waals surface area contributed by atoms with Gasteiger partial charge in [-0.15, -0.1) is 6.58 Å². The van der Waals surface area contributed by atoms with E-state index in [9.17, 15) is 14.4 Å². The quantitative estimate of drug-likeness (QED) is 0.317. The summed E-state index contributed by atoms with van der Waals surface area (Å²) in [6.45, 7) is 8.79. The fraction of sp³-hybridized carbons (Fsp3) is 0.433. The summed E-state index contributed by atoms with van der Waals surface area (Å²) in [5, 5.41) is 0. The molecular weight excluding hydrogens is 468 g/mol. The topological polar surface area (TPSA) is 76.2 Å². The Balaban J connectivity index is 1.78. The van der Waals surface area contributed by atoms with Crippen molar-refractivity contribution >= 4 is 17.8 Å². The number of esters is 2. The number of carbonyl (C=O) groups excluding carboxylic acids is 3. The predicted molar refractivity (Wildman–Crippen MR) is 141 cm³/mol. The molecule has 0 aromatic heterocycles. The van der Waals surface area contributed by atoms with Crippen LogP contribution >= 0.6 is 0 Å². The van der Waals surface area contributed by atoms with Gasteiger partial charge in [0.25, 0.3) is 5.91 Å². The third-order valence-electron chi connectivity index (χ3n) is 7.93. The van der Waals surface area contributed by atoms with Crippen LogP contribution in [-0.2, 0) is 19.7 Å². The Bertz CT molecular complexity index is 1170. The van der Waals surface area contributed by atoms with Crippen LogP contribution in [0, 0.1) is 0 Å². The van der Waals surface area contributed by atoms with Gasteiger partial charge in [0, 0.05) is 51.0 Å². The molecule has 1 saturated heterocycles. The molecule has 1 saturated carbocycles. The van der Waals surface area contributed by atoms with E-state index in [1.165, 1.54) is 13.8 Å². The lowest BCUT2D eigenvalue weighted by Gasteiger charge is -2.60. The Hall–Kier alpha value is -3.45. The number of fused-ring (bicyclic) bond motifs is 1. The number of hydrogen-bond acceptors (Lipinski definition) is 6. The van der Waals surface area contributed by atoms with Crippen LogP contribution in [0.1, 0.15) is 55.5 Å². The highest BCUT2D eigenvalue weighted by atomic mass is 16.6. The third kappa shape index (κ3) is 5.32. The number of piperidine rings is 1. The molecule has 2 aromatic carbocycles. The summed E-state index contributed by atoms with van der Waals surface area (Å²) in [5.41, 5.74) is 0.243. The zero-order chi connectivity index (χ0) is 26.6. The molecule has 2 aliphatic rings. The Morgan fingerprint density at radius 1 is 1.08 bits per heavy atom. The number of ether oxygens (including phenoxy) is 2. The molecule has 2 fully saturated rings. The van der Waals surface area contributed by atoms with Crippen molar-refractivity contribution < 1.29 is 23.9 Å². The molecule has 3 atom stereocenters. The van der Waals surface area contributed by atoms with E-state index in [4.69, 9.17) is 9.47 Å². The number of amides is 1. The predicted octanol–water partition coefficient (Wildman–Crippen LogP) is 4.37. The number of nitrogens with zero attached hydrogens (tertiary/aromatic N) is 2. The summed E-state index contributed by atoms with van der Waals surface area (Å²) in [6.07, 6.45) is 4.53. The van der Waals surface area contributed by atoms with Crippen LogP contribution in [0.3, 0.4) is 0 Å². The van der Waals surface area contributed by atoms with Crippen LogP contribution in [0.5, 0.6) is 5.75 Å². The summed E-state index contributed by atoms with van der Waals surface area (Å²) in [6, 6.07) is 16.8. The zero-order valence-corrected chi connectivity index (χ0v) is 21.9. The summed E-state index contributed by atoms with van der Waals surface area (Å²) >= 11 is 0. The van der Waals surface area contributed by atoms with E-state index in [1.54, 1.807) is 6.07 Å². The fourth-order valence-corrected chi connectivity index (χ4v) is 6.30. The van der Waals surface area contributed by atoms with Gasteiger partial charge in [-0.3, -0.25) is 19.3 Å². The average molecular weight is 505 g/mol. The van der Waals surface area contributed by atoms with Gasteiger partial charge in [-0.2, -0.15) is 0 Å². The number of hydrogen-bond donors (Lipinski definition) is 0. The molecule has 0 bridgehead atoms. The largest absolute Gasteiger partial charge is 0.457 e. The van der Waals surface area contributed by atoms with Gasteiger partial charge in [0.15, 0.2) is 0 Å². The number of rotatable bonds is 7. The summed E-state index contributed by atoms with van der Waals surface area (Å²) in [4.78, 5) is 41.7. The molecule has 1 aliphatic carbocycles. The molecule has 0 radical (unpaired) electrons. The molecule has 3 unspecified atom stereocenters. The Labute approximate surface area is 219 Å². The monoisotopic (exact) mass is 504 g/mol. The first-order chi connectivity index (χ1) is 17.7. The van der Waals surface area contributed by atoms with Gasteiger partial charge in [-0.25, -0.2) is 0 Å². The van der Waals surface area contributed by atoms with Crippen molar-refractivity contribution in [2.45, 2.75) is 56.6 Å². The first kappa shape index (κ1) is 26.6. The standard InChI is InChI=1S/C30H36N2O5/c1-5-17-32-18-16-29(25-12-9-13-27(19-25)36-22(2)33)20-26(14-15-30(29,21-32)37-23(3)34)31(4)28(35)24-10-7-6-8-11-24/h5-13,19,26H,1,14-18,20-21H2,2-4H3. The molecule has 0 spiro atoms. The van der Waals surface area contributed by atoms with Gasteiger partial charge in [-0.1, -0.05) is 36.4 Å². The van der Waals surface area contributed by atoms with E-state index in [1.807, 2.05) is 66.6 Å². The Morgan fingerprint density at radius 2 is 1.84 bits per heavy atom. The van der Waals surface area contributed by atoms with Crippen molar-refractivity contribution in [2.24, 2.45) is 0 Å². The highest BCUT2D eigenvalue weighted by Gasteiger charge is 2.61. The second kappa shape index (κ2) is 10.9. The molecule has 1 heterocycles. The first-order valence-electron chi connectivity index (χ1n) is 12.8. The van der Waals surface area contributed by atoms with Gasteiger partial charge in [0.2, 0.25) is 0 Å². The van der Waals surface area contributed by atoms with Crippen molar-refractivity contribution in [3.05, 3.63) is 78.4 Å². The van der Waals surface area contributed by atoms with Crippen LogP contribution in [0.15, 0.2) is 67.3 Å². The van der Waals surface area contributed by atoms with Gasteiger partial charge >= 0.3 is 11.9 Å². The Kier molecular flexibility index (Phi) is 7.83. The normalized spacial score (nSPS) is 25.4. The van der Waals surface area contributed by atoms with Crippen LogP contribution in [0.2, 0.25) is 0 Å². The van der Waals surface area contributed by atoms with Gasteiger partial charge in [0.05, 0.1) is 0 Å². The maximum Gasteiger partial charge on any atom is 0.308 e. The minimum absolute atomic E-state index is 0.0292. The van der Waals surface area contributed by atoms with Crippen molar-refractivity contribution in [1.82, 2.24) is 9.80 Å². The molecule has 37 heavy (non-hydrogen) atoms. The summed E-state index contributed by atoms with van der Waals surface area (Å²) < 4.78 is 11.7. The molecule has 4 rings (SSSR count). The highest BCUT2D eigenvalue weighted by Crippen LogP contribution is 2.54. The molecule has 7 nitrogen and oxygen atoms in total. The number of benzene rings is 2. The van der Waals surface area contributed by atoms with E-state index in [2.05, 4.69) is 11.5 Å². The third-order valence-corrected chi connectivity index (χ3v) is 7.93. The lowest BCUT2D eigenvalue weighted by molar-refractivity contribution is -0.188. The van der Waals surface area contributed by atoms with Crippen molar-refractivity contribution in [2.75, 3.05) is 26.7 Å². The van der Waals surface area contributed by atoms with Crippen LogP contribution < -0.4 is 4.74 Å². The first-order valence-corrected chi connectivity index (χ1v) is 12.8. The second-order valence-electron chi connectivity index (χ2n) is 10.2. The summed E-state index contributed by atoms with van der Waals surface area (Å²) in [7, 11) is 1.86. The van der Waals surface area contributed by atoms with Crippen LogP contribution in [-0.4, -0.2) is 66.0 Å². The van der Waals surface area contributed by atoms with E-state index < -0.39 is 17.0 Å². The van der Waals surface area contributed by atoms with E-state index in [0.29, 0.717) is 43.7 Å². The molecule has 7 heteroatoms. The van der Waals surface area contributed by atoms with Crippen LogP contribution in [0.4, 0.5) is 0 Å². The highest BCUT2D eigenvalue weighted by molar-refractivity contribution is 5.94. The molecule has 0 N–H and O–H groups in total. The molecular formula is C30H36N2O5. The van der Waals surface area contributed by atoms with Crippen molar-refractivity contribution in [1.29, 1.82) is 0 Å². The van der Waals surface area contributed by atoms with Crippen molar-refractivity contribution in [3.63, 3.8) is 0 Å². The SMILES string of the molecule is C=CCN1CCC2(c3cccc(OC(C)=O)c3)CC(N(C)C(=O)c3ccccc3)CCC2(OC(C)=O)C1. The second-order valence-corrected chi connectivity index (χ2v) is 10.2. The van der Waals surface area contributed by atoms with E-state index >= 15 is 0 Å². The molecule has 2 aromatic rings. The van der Waals surface area contributed by atoms with Gasteiger partial charge < -0.3 is 14.4 Å². The van der Waals surface area contributed by atoms with E-state index in [0.717, 1.165) is 18.5 Å². The minimum Gasteiger partial charge on any atom is -0.457 e. The maximum atomic E-state index is 13.4. The van der Waals surface area contributed by atoms with E-state index in [-0.39, 0.29) is 17.9 Å². The maximum absolute atomic E-state index is 13.4. The zero-order valence-electron chi connectivity index (χ0n) is 21.9. The number of carbonyl (C=O) groups is 3. The smallest absolute Gasteiger partial charge is 0.308 e. The van der Waals surface area contributed by atoms with Crippen LogP contribution in [0.25, 0.3) is 0 Å². The minimum atomic E-state index is -0.790. The van der Waals surface area contributed by atoms with Gasteiger partial charge in [0.1, 0.15) is 11.4 Å². The number of likely N-dealkylation sites (tertiary alicyclic amines) is 1. The van der Waals surface area contributed by atoms with Crippen molar-refractivity contribution in [3.8, 4) is 5.75 Å². The lowest BCUT2D eigenvalue weighted by Crippen LogP contribution is -2.68. The summed E-state index contributed by atoms with van der Waals surface area (Å²) in [5.74, 6) is -0.288. The lowest BCUT2D eigenvalue weighted by atomic mass is 9.55. The van der Waals surface area contributed by atoms with Gasteiger partial charge in [-0.05, 0) is 62.1 Å².